The molecule has 1 N–H and O–H groups in total. The summed E-state index contributed by atoms with van der Waals surface area (Å²) in [6.45, 7) is 2.19. The van der Waals surface area contributed by atoms with Crippen molar-refractivity contribution >= 4 is 0 Å². The molecule has 2 aromatic rings. The molecule has 0 radical (unpaired) electrons. The molecule has 1 atom stereocenters. The van der Waals surface area contributed by atoms with Crippen molar-refractivity contribution in [1.82, 2.24) is 5.32 Å². The van der Waals surface area contributed by atoms with Crippen LogP contribution in [0.2, 0.25) is 0 Å². The van der Waals surface area contributed by atoms with E-state index in [1.807, 2.05) is 37.3 Å². The number of hydrogen-bond acceptors (Lipinski definition) is 2. The van der Waals surface area contributed by atoms with Gasteiger partial charge in [-0.1, -0.05) is 37.3 Å². The summed E-state index contributed by atoms with van der Waals surface area (Å²) in [6, 6.07) is 10.8. The van der Waals surface area contributed by atoms with Crippen LogP contribution >= 0.6 is 0 Å². The van der Waals surface area contributed by atoms with Gasteiger partial charge >= 0.3 is 12.4 Å². The van der Waals surface area contributed by atoms with Crippen molar-refractivity contribution in [3.63, 3.8) is 0 Å². The van der Waals surface area contributed by atoms with E-state index in [2.05, 4.69) is 5.32 Å². The summed E-state index contributed by atoms with van der Waals surface area (Å²) in [7, 11) is 1.75. The van der Waals surface area contributed by atoms with Crippen LogP contribution in [-0.4, -0.2) is 20.2 Å². The quantitative estimate of drug-likeness (QED) is 0.622. The fourth-order valence-electron chi connectivity index (χ4n) is 2.96. The van der Waals surface area contributed by atoms with E-state index < -0.39 is 28.9 Å². The Bertz CT molecular complexity index is 740. The fraction of sp³-hybridized carbons (Fsp3) is 0.400. The van der Waals surface area contributed by atoms with E-state index in [-0.39, 0.29) is 24.8 Å². The molecule has 0 aliphatic rings. The number of nitrogens with one attached hydrogen (secondary N) is 1. The minimum Gasteiger partial charge on any atom is -0.376 e. The van der Waals surface area contributed by atoms with Gasteiger partial charge in [0.1, 0.15) is 0 Å². The zero-order valence-electron chi connectivity index (χ0n) is 15.4. The standard InChI is InChI=1S/C20H21F6NO/c1-18(12-27-2,15-6-4-3-5-7-15)13-28-11-14-8-16(19(21,22)23)10-17(9-14)20(24,25)26/h3-10,27H,11-13H2,1-2H3. The Labute approximate surface area is 159 Å². The van der Waals surface area contributed by atoms with Gasteiger partial charge in [-0.05, 0) is 36.4 Å². The predicted molar refractivity (Wildman–Crippen MR) is 93.8 cm³/mol. The van der Waals surface area contributed by atoms with Gasteiger partial charge < -0.3 is 10.1 Å². The largest absolute Gasteiger partial charge is 0.416 e. The lowest BCUT2D eigenvalue weighted by Crippen LogP contribution is -2.38. The maximum Gasteiger partial charge on any atom is 0.416 e. The number of halogens is 6. The van der Waals surface area contributed by atoms with Gasteiger partial charge in [-0.15, -0.1) is 0 Å². The van der Waals surface area contributed by atoms with Crippen LogP contribution in [0.25, 0.3) is 0 Å². The minimum atomic E-state index is -4.87. The zero-order chi connectivity index (χ0) is 21.0. The summed E-state index contributed by atoms with van der Waals surface area (Å²) in [5, 5.41) is 3.04. The van der Waals surface area contributed by atoms with Crippen LogP contribution in [0.4, 0.5) is 26.3 Å². The first-order chi connectivity index (χ1) is 13.0. The number of likely N-dealkylation sites (N-methyl/N-ethyl adjacent to an activating group) is 1. The molecule has 0 aromatic heterocycles. The lowest BCUT2D eigenvalue weighted by Gasteiger charge is -2.30. The summed E-state index contributed by atoms with van der Waals surface area (Å²) in [5.41, 5.74) is -2.42. The van der Waals surface area contributed by atoms with E-state index in [9.17, 15) is 26.3 Å². The molecule has 0 fully saturated rings. The first kappa shape index (κ1) is 22.2. The van der Waals surface area contributed by atoms with Crippen LogP contribution in [0.15, 0.2) is 48.5 Å². The van der Waals surface area contributed by atoms with Crippen molar-refractivity contribution in [2.75, 3.05) is 20.2 Å². The maximum absolute atomic E-state index is 13.0. The molecule has 0 aliphatic heterocycles. The molecule has 0 heterocycles. The van der Waals surface area contributed by atoms with E-state index in [1.54, 1.807) is 7.05 Å². The van der Waals surface area contributed by atoms with Crippen molar-refractivity contribution in [2.45, 2.75) is 31.3 Å². The Kier molecular flexibility index (Phi) is 6.77. The minimum absolute atomic E-state index is 0.110. The van der Waals surface area contributed by atoms with Crippen LogP contribution in [0.5, 0.6) is 0 Å². The van der Waals surface area contributed by atoms with E-state index in [0.29, 0.717) is 18.7 Å². The highest BCUT2D eigenvalue weighted by molar-refractivity contribution is 5.33. The van der Waals surface area contributed by atoms with Gasteiger partial charge in [-0.3, -0.25) is 0 Å². The lowest BCUT2D eigenvalue weighted by atomic mass is 9.83. The first-order valence-corrected chi connectivity index (χ1v) is 8.52. The molecular weight excluding hydrogens is 384 g/mol. The third-order valence-corrected chi connectivity index (χ3v) is 4.37. The average molecular weight is 405 g/mol. The van der Waals surface area contributed by atoms with Gasteiger partial charge in [0.15, 0.2) is 0 Å². The Morgan fingerprint density at radius 3 is 1.82 bits per heavy atom. The summed E-state index contributed by atoms with van der Waals surface area (Å²) in [5.74, 6) is 0. The van der Waals surface area contributed by atoms with Crippen molar-refractivity contribution in [2.24, 2.45) is 0 Å². The Morgan fingerprint density at radius 1 is 0.821 bits per heavy atom. The summed E-state index contributed by atoms with van der Waals surface area (Å²) in [4.78, 5) is 0. The second-order valence-electron chi connectivity index (χ2n) is 6.86. The third-order valence-electron chi connectivity index (χ3n) is 4.37. The average Bonchev–Trinajstić information content (AvgIpc) is 2.61. The predicted octanol–water partition coefficient (Wildman–Crippen LogP) is 5.42. The molecule has 0 aliphatic carbocycles. The number of rotatable bonds is 7. The fourth-order valence-corrected chi connectivity index (χ4v) is 2.96. The normalized spacial score (nSPS) is 14.7. The second-order valence-corrected chi connectivity index (χ2v) is 6.86. The van der Waals surface area contributed by atoms with Gasteiger partial charge in [0.2, 0.25) is 0 Å². The van der Waals surface area contributed by atoms with E-state index in [4.69, 9.17) is 4.74 Å². The molecule has 154 valence electrons. The highest BCUT2D eigenvalue weighted by Crippen LogP contribution is 2.36. The molecule has 28 heavy (non-hydrogen) atoms. The highest BCUT2D eigenvalue weighted by Gasteiger charge is 2.37. The molecule has 0 spiro atoms. The zero-order valence-corrected chi connectivity index (χ0v) is 15.4. The smallest absolute Gasteiger partial charge is 0.376 e. The topological polar surface area (TPSA) is 21.3 Å². The van der Waals surface area contributed by atoms with Gasteiger partial charge in [0, 0.05) is 12.0 Å². The van der Waals surface area contributed by atoms with Gasteiger partial charge in [-0.2, -0.15) is 26.3 Å². The molecule has 0 amide bonds. The molecule has 0 saturated carbocycles. The van der Waals surface area contributed by atoms with E-state index in [0.717, 1.165) is 5.56 Å². The number of benzene rings is 2. The van der Waals surface area contributed by atoms with E-state index >= 15 is 0 Å². The van der Waals surface area contributed by atoms with Gasteiger partial charge in [-0.25, -0.2) is 0 Å². The maximum atomic E-state index is 13.0. The molecule has 2 aromatic carbocycles. The van der Waals surface area contributed by atoms with Crippen LogP contribution in [-0.2, 0) is 29.1 Å². The lowest BCUT2D eigenvalue weighted by molar-refractivity contribution is -0.143. The van der Waals surface area contributed by atoms with Crippen molar-refractivity contribution in [3.05, 3.63) is 70.8 Å². The van der Waals surface area contributed by atoms with Gasteiger partial charge in [0.05, 0.1) is 24.3 Å². The number of hydrogen-bond donors (Lipinski definition) is 1. The number of ether oxygens (including phenoxy) is 1. The Balaban J connectivity index is 2.21. The third kappa shape index (κ3) is 5.72. The molecule has 1 unspecified atom stereocenters. The van der Waals surface area contributed by atoms with Crippen molar-refractivity contribution in [3.8, 4) is 0 Å². The molecule has 0 bridgehead atoms. The molecule has 8 heteroatoms. The van der Waals surface area contributed by atoms with Crippen LogP contribution in [0.1, 0.15) is 29.2 Å². The summed E-state index contributed by atoms with van der Waals surface area (Å²) < 4.78 is 83.3. The van der Waals surface area contributed by atoms with Gasteiger partial charge in [0.25, 0.3) is 0 Å². The molecular formula is C20H21F6NO. The highest BCUT2D eigenvalue weighted by atomic mass is 19.4. The van der Waals surface area contributed by atoms with Crippen LogP contribution < -0.4 is 5.32 Å². The monoisotopic (exact) mass is 405 g/mol. The molecule has 2 rings (SSSR count). The summed E-state index contributed by atoms with van der Waals surface area (Å²) in [6.07, 6.45) is -9.75. The van der Waals surface area contributed by atoms with Crippen LogP contribution in [0.3, 0.4) is 0 Å². The van der Waals surface area contributed by atoms with Crippen molar-refractivity contribution in [1.29, 1.82) is 0 Å². The van der Waals surface area contributed by atoms with Crippen LogP contribution in [0, 0.1) is 0 Å². The summed E-state index contributed by atoms with van der Waals surface area (Å²) >= 11 is 0. The Hall–Kier alpha value is -2.06. The second kappa shape index (κ2) is 8.53. The number of alkyl halides is 6. The van der Waals surface area contributed by atoms with Crippen molar-refractivity contribution < 1.29 is 31.1 Å². The first-order valence-electron chi connectivity index (χ1n) is 8.52. The SMILES string of the molecule is CNCC(C)(COCc1cc(C(F)(F)F)cc(C(F)(F)F)c1)c1ccccc1. The molecule has 2 nitrogen and oxygen atoms in total. The molecule has 0 saturated heterocycles. The van der Waals surface area contributed by atoms with E-state index in [1.165, 1.54) is 0 Å². The Morgan fingerprint density at radius 2 is 1.36 bits per heavy atom.